The number of benzene rings is 1. The summed E-state index contributed by atoms with van der Waals surface area (Å²) in [6, 6.07) is 2.96. The lowest BCUT2D eigenvalue weighted by atomic mass is 10.2. The number of hydrogen-bond donors (Lipinski definition) is 2. The molecule has 0 unspecified atom stereocenters. The number of ether oxygens (including phenoxy) is 1. The van der Waals surface area contributed by atoms with Crippen LogP contribution in [0, 0.1) is 0 Å². The van der Waals surface area contributed by atoms with Crippen molar-refractivity contribution in [2.45, 2.75) is 6.18 Å². The molecule has 1 aromatic carbocycles. The zero-order chi connectivity index (χ0) is 13.9. The molecule has 1 amide bonds. The van der Waals surface area contributed by atoms with Gasteiger partial charge in [0.1, 0.15) is 5.75 Å². The lowest BCUT2D eigenvalue weighted by Gasteiger charge is -2.10. The monoisotopic (exact) mass is 263 g/mol. The molecule has 0 aliphatic carbocycles. The third-order valence-electron chi connectivity index (χ3n) is 1.92. The molecule has 0 heterocycles. The Hall–Kier alpha value is -2.25. The van der Waals surface area contributed by atoms with Crippen molar-refractivity contribution >= 4 is 17.6 Å². The number of hydrogen-bond acceptors (Lipinski definition) is 4. The number of phenolic OH excluding ortho intramolecular Hbond substituents is 1. The van der Waals surface area contributed by atoms with Crippen LogP contribution in [0.25, 0.3) is 0 Å². The molecule has 0 radical (unpaired) electrons. The molecule has 0 aliphatic rings. The van der Waals surface area contributed by atoms with Crippen LogP contribution in [-0.4, -0.2) is 30.3 Å². The van der Waals surface area contributed by atoms with Crippen LogP contribution >= 0.6 is 0 Å². The number of anilines is 1. The smallest absolute Gasteiger partial charge is 0.471 e. The molecule has 0 aromatic heterocycles. The van der Waals surface area contributed by atoms with Gasteiger partial charge in [0, 0.05) is 0 Å². The lowest BCUT2D eigenvalue weighted by molar-refractivity contribution is -0.167. The highest BCUT2D eigenvalue weighted by Gasteiger charge is 2.39. The van der Waals surface area contributed by atoms with Crippen molar-refractivity contribution < 1.29 is 32.6 Å². The number of esters is 1. The Morgan fingerprint density at radius 2 is 1.94 bits per heavy atom. The van der Waals surface area contributed by atoms with Gasteiger partial charge in [-0.1, -0.05) is 0 Å². The highest BCUT2D eigenvalue weighted by Crippen LogP contribution is 2.26. The van der Waals surface area contributed by atoms with E-state index in [-0.39, 0.29) is 5.56 Å². The molecule has 5 nitrogen and oxygen atoms in total. The van der Waals surface area contributed by atoms with E-state index in [1.54, 1.807) is 0 Å². The van der Waals surface area contributed by atoms with E-state index in [1.807, 2.05) is 0 Å². The van der Waals surface area contributed by atoms with Gasteiger partial charge in [-0.25, -0.2) is 4.79 Å². The van der Waals surface area contributed by atoms with Crippen molar-refractivity contribution in [3.8, 4) is 5.75 Å². The van der Waals surface area contributed by atoms with E-state index < -0.39 is 29.5 Å². The van der Waals surface area contributed by atoms with E-state index in [2.05, 4.69) is 4.74 Å². The number of amides is 1. The molecule has 0 spiro atoms. The van der Waals surface area contributed by atoms with E-state index in [4.69, 9.17) is 0 Å². The van der Waals surface area contributed by atoms with Gasteiger partial charge in [0.2, 0.25) is 0 Å². The number of methoxy groups -OCH3 is 1. The predicted molar refractivity (Wildman–Crippen MR) is 54.1 cm³/mol. The molecular formula is C10H8F3NO4. The second-order valence-electron chi connectivity index (χ2n) is 3.18. The molecular weight excluding hydrogens is 255 g/mol. The van der Waals surface area contributed by atoms with Crippen molar-refractivity contribution in [3.63, 3.8) is 0 Å². The zero-order valence-electron chi connectivity index (χ0n) is 9.04. The van der Waals surface area contributed by atoms with Gasteiger partial charge in [-0.2, -0.15) is 13.2 Å². The first-order valence-electron chi connectivity index (χ1n) is 4.55. The van der Waals surface area contributed by atoms with Gasteiger partial charge in [0.05, 0.1) is 18.4 Å². The second-order valence-corrected chi connectivity index (χ2v) is 3.18. The molecule has 0 atom stereocenters. The van der Waals surface area contributed by atoms with Crippen molar-refractivity contribution in [3.05, 3.63) is 23.8 Å². The molecule has 1 rings (SSSR count). The van der Waals surface area contributed by atoms with E-state index in [0.29, 0.717) is 0 Å². The number of phenols is 1. The Kier molecular flexibility index (Phi) is 3.79. The maximum Gasteiger partial charge on any atom is 0.471 e. The Morgan fingerprint density at radius 1 is 1.33 bits per heavy atom. The minimum Gasteiger partial charge on any atom is -0.506 e. The zero-order valence-corrected chi connectivity index (χ0v) is 9.04. The summed E-state index contributed by atoms with van der Waals surface area (Å²) in [7, 11) is 1.11. The third kappa shape index (κ3) is 3.12. The highest BCUT2D eigenvalue weighted by molar-refractivity contribution is 5.97. The van der Waals surface area contributed by atoms with E-state index in [1.165, 1.54) is 5.32 Å². The van der Waals surface area contributed by atoms with Gasteiger partial charge in [0.25, 0.3) is 0 Å². The molecule has 98 valence electrons. The number of carbonyl (C=O) groups excluding carboxylic acids is 2. The largest absolute Gasteiger partial charge is 0.506 e. The third-order valence-corrected chi connectivity index (χ3v) is 1.92. The second kappa shape index (κ2) is 4.94. The number of aromatic hydroxyl groups is 1. The molecule has 8 heteroatoms. The summed E-state index contributed by atoms with van der Waals surface area (Å²) in [5, 5.41) is 10.8. The molecule has 0 saturated carbocycles. The maximum atomic E-state index is 12.0. The summed E-state index contributed by atoms with van der Waals surface area (Å²) in [5.41, 5.74) is -0.509. The minimum atomic E-state index is -5.06. The van der Waals surface area contributed by atoms with Gasteiger partial charge < -0.3 is 15.2 Å². The van der Waals surface area contributed by atoms with Crippen LogP contribution in [0.5, 0.6) is 5.75 Å². The summed E-state index contributed by atoms with van der Waals surface area (Å²) in [4.78, 5) is 21.7. The fourth-order valence-electron chi connectivity index (χ4n) is 1.08. The summed E-state index contributed by atoms with van der Waals surface area (Å²) >= 11 is 0. The average Bonchev–Trinajstić information content (AvgIpc) is 2.29. The molecule has 18 heavy (non-hydrogen) atoms. The number of nitrogens with one attached hydrogen (secondary N) is 1. The van der Waals surface area contributed by atoms with Crippen molar-refractivity contribution in [2.75, 3.05) is 12.4 Å². The summed E-state index contributed by atoms with van der Waals surface area (Å²) in [5.74, 6) is -3.65. The van der Waals surface area contributed by atoms with Crippen LogP contribution in [0.2, 0.25) is 0 Å². The molecule has 1 aromatic rings. The first-order valence-corrected chi connectivity index (χ1v) is 4.55. The summed E-state index contributed by atoms with van der Waals surface area (Å²) < 4.78 is 40.2. The fourth-order valence-corrected chi connectivity index (χ4v) is 1.08. The summed E-state index contributed by atoms with van der Waals surface area (Å²) in [6.45, 7) is 0. The van der Waals surface area contributed by atoms with Gasteiger partial charge >= 0.3 is 18.1 Å². The Balaban J connectivity index is 2.94. The first-order chi connectivity index (χ1) is 8.25. The Morgan fingerprint density at radius 3 is 2.39 bits per heavy atom. The fraction of sp³-hybridized carbons (Fsp3) is 0.200. The van der Waals surface area contributed by atoms with Crippen molar-refractivity contribution in [1.82, 2.24) is 0 Å². The number of rotatable bonds is 2. The van der Waals surface area contributed by atoms with Crippen LogP contribution in [0.15, 0.2) is 18.2 Å². The maximum absolute atomic E-state index is 12.0. The Bertz CT molecular complexity index is 485. The van der Waals surface area contributed by atoms with Crippen molar-refractivity contribution in [1.29, 1.82) is 0 Å². The van der Waals surface area contributed by atoms with Gasteiger partial charge in [-0.15, -0.1) is 0 Å². The molecule has 0 saturated heterocycles. The normalized spacial score (nSPS) is 10.9. The van der Waals surface area contributed by atoms with Crippen LogP contribution < -0.4 is 5.32 Å². The molecule has 0 bridgehead atoms. The van der Waals surface area contributed by atoms with Gasteiger partial charge in [0.15, 0.2) is 0 Å². The van der Waals surface area contributed by atoms with E-state index in [0.717, 1.165) is 25.3 Å². The minimum absolute atomic E-state index is 0.0555. The number of alkyl halides is 3. The predicted octanol–water partition coefficient (Wildman–Crippen LogP) is 1.68. The quantitative estimate of drug-likeness (QED) is 0.628. The van der Waals surface area contributed by atoms with Crippen LogP contribution in [0.3, 0.4) is 0 Å². The Labute approximate surface area is 99.2 Å². The standard InChI is InChI=1S/C10H8F3NO4/c1-18-8(16)5-2-3-6(7(15)4-5)14-9(17)10(11,12)13/h2-4,15H,1H3,(H,14,17). The van der Waals surface area contributed by atoms with E-state index in [9.17, 15) is 27.9 Å². The van der Waals surface area contributed by atoms with Crippen LogP contribution in [-0.2, 0) is 9.53 Å². The highest BCUT2D eigenvalue weighted by atomic mass is 19.4. The topological polar surface area (TPSA) is 75.6 Å². The van der Waals surface area contributed by atoms with Crippen LogP contribution in [0.4, 0.5) is 18.9 Å². The SMILES string of the molecule is COC(=O)c1ccc(NC(=O)C(F)(F)F)c(O)c1. The average molecular weight is 263 g/mol. The molecule has 0 fully saturated rings. The first kappa shape index (κ1) is 13.8. The van der Waals surface area contributed by atoms with Crippen LogP contribution in [0.1, 0.15) is 10.4 Å². The summed E-state index contributed by atoms with van der Waals surface area (Å²) in [6.07, 6.45) is -5.06. The number of carbonyl (C=O) groups is 2. The van der Waals surface area contributed by atoms with E-state index >= 15 is 0 Å². The lowest BCUT2D eigenvalue weighted by Crippen LogP contribution is -2.29. The van der Waals surface area contributed by atoms with Gasteiger partial charge in [-0.3, -0.25) is 4.79 Å². The molecule has 2 N–H and O–H groups in total. The van der Waals surface area contributed by atoms with Gasteiger partial charge in [-0.05, 0) is 18.2 Å². The molecule has 0 aliphatic heterocycles. The van der Waals surface area contributed by atoms with Crippen molar-refractivity contribution in [2.24, 2.45) is 0 Å². The number of halogens is 3.